The highest BCUT2D eigenvalue weighted by atomic mass is 16.5. The Bertz CT molecular complexity index is 178. The molecule has 0 heterocycles. The summed E-state index contributed by atoms with van der Waals surface area (Å²) in [6, 6.07) is 0. The molecule has 0 aliphatic carbocycles. The van der Waals surface area contributed by atoms with Crippen LogP contribution in [0.3, 0.4) is 0 Å². The molecule has 0 aromatic rings. The van der Waals surface area contributed by atoms with Crippen molar-refractivity contribution in [3.63, 3.8) is 0 Å². The van der Waals surface area contributed by atoms with E-state index in [0.29, 0.717) is 12.2 Å². The predicted octanol–water partition coefficient (Wildman–Crippen LogP) is 0.795. The predicted molar refractivity (Wildman–Crippen MR) is 39.2 cm³/mol. The number of hydrogen-bond donors (Lipinski definition) is 0. The van der Waals surface area contributed by atoms with Gasteiger partial charge in [-0.15, -0.1) is 0 Å². The van der Waals surface area contributed by atoms with Gasteiger partial charge >= 0.3 is 5.97 Å². The van der Waals surface area contributed by atoms with Gasteiger partial charge in [0.1, 0.15) is 0 Å². The SMILES string of the molecule is CCOC(=O)C(C)=C=NC. The number of aliphatic imine (C=N–C) groups is 1. The molecule has 0 N–H and O–H groups in total. The highest BCUT2D eigenvalue weighted by Gasteiger charge is 2.01. The second-order valence-corrected chi connectivity index (χ2v) is 1.68. The Morgan fingerprint density at radius 2 is 2.30 bits per heavy atom. The van der Waals surface area contributed by atoms with Crippen LogP contribution in [-0.4, -0.2) is 25.5 Å². The third-order valence-electron chi connectivity index (χ3n) is 0.861. The molecule has 0 amide bonds. The third-order valence-corrected chi connectivity index (χ3v) is 0.861. The lowest BCUT2D eigenvalue weighted by molar-refractivity contribution is -0.138. The van der Waals surface area contributed by atoms with Crippen molar-refractivity contribution < 1.29 is 9.53 Å². The maximum absolute atomic E-state index is 10.8. The van der Waals surface area contributed by atoms with E-state index in [2.05, 4.69) is 15.6 Å². The molecule has 0 aromatic heterocycles. The number of nitrogens with zero attached hydrogens (tertiary/aromatic N) is 1. The van der Waals surface area contributed by atoms with E-state index in [4.69, 9.17) is 0 Å². The summed E-state index contributed by atoms with van der Waals surface area (Å²) in [5, 5.41) is 0. The van der Waals surface area contributed by atoms with Crippen LogP contribution < -0.4 is 0 Å². The summed E-state index contributed by atoms with van der Waals surface area (Å²) < 4.78 is 4.66. The molecule has 0 saturated heterocycles. The largest absolute Gasteiger partial charge is 0.462 e. The highest BCUT2D eigenvalue weighted by molar-refractivity contribution is 5.96. The summed E-state index contributed by atoms with van der Waals surface area (Å²) in [4.78, 5) is 14.3. The summed E-state index contributed by atoms with van der Waals surface area (Å²) >= 11 is 0. The lowest BCUT2D eigenvalue weighted by Crippen LogP contribution is -2.05. The standard InChI is InChI=1S/C7H11NO2/c1-4-10-7(9)6(2)5-8-3/h4H2,1-3H3. The topological polar surface area (TPSA) is 38.7 Å². The maximum Gasteiger partial charge on any atom is 0.343 e. The van der Waals surface area contributed by atoms with Crippen LogP contribution in [0.2, 0.25) is 0 Å². The first-order chi connectivity index (χ1) is 4.72. The zero-order valence-corrected chi connectivity index (χ0v) is 6.47. The van der Waals surface area contributed by atoms with Crippen molar-refractivity contribution in [2.45, 2.75) is 13.8 Å². The summed E-state index contributed by atoms with van der Waals surface area (Å²) in [6.07, 6.45) is 0. The molecular formula is C7H11NO2. The van der Waals surface area contributed by atoms with Crippen LogP contribution in [-0.2, 0) is 9.53 Å². The number of esters is 1. The van der Waals surface area contributed by atoms with E-state index < -0.39 is 0 Å². The van der Waals surface area contributed by atoms with Crippen molar-refractivity contribution in [3.05, 3.63) is 5.57 Å². The number of carbonyl (C=O) groups is 1. The first kappa shape index (κ1) is 8.92. The minimum Gasteiger partial charge on any atom is -0.462 e. The van der Waals surface area contributed by atoms with Crippen molar-refractivity contribution >= 4 is 11.8 Å². The van der Waals surface area contributed by atoms with Gasteiger partial charge in [0.25, 0.3) is 0 Å². The van der Waals surface area contributed by atoms with Crippen molar-refractivity contribution in [2.24, 2.45) is 4.99 Å². The zero-order valence-electron chi connectivity index (χ0n) is 6.47. The normalized spacial score (nSPS) is 7.90. The fourth-order valence-electron chi connectivity index (χ4n) is 0.453. The number of rotatable bonds is 2. The summed E-state index contributed by atoms with van der Waals surface area (Å²) in [6.45, 7) is 3.76. The van der Waals surface area contributed by atoms with E-state index in [1.165, 1.54) is 0 Å². The molecular weight excluding hydrogens is 130 g/mol. The number of ether oxygens (including phenoxy) is 1. The molecule has 3 nitrogen and oxygen atoms in total. The Balaban J connectivity index is 4.08. The van der Waals surface area contributed by atoms with E-state index in [-0.39, 0.29) is 5.97 Å². The van der Waals surface area contributed by atoms with E-state index >= 15 is 0 Å². The molecule has 3 heteroatoms. The molecule has 0 rings (SSSR count). The van der Waals surface area contributed by atoms with Gasteiger partial charge < -0.3 is 4.74 Å². The monoisotopic (exact) mass is 141 g/mol. The molecule has 0 fully saturated rings. The first-order valence-electron chi connectivity index (χ1n) is 3.07. The van der Waals surface area contributed by atoms with Crippen molar-refractivity contribution in [1.82, 2.24) is 0 Å². The molecule has 0 atom stereocenters. The van der Waals surface area contributed by atoms with Crippen LogP contribution in [0.25, 0.3) is 0 Å². The van der Waals surface area contributed by atoms with E-state index in [1.54, 1.807) is 20.9 Å². The second-order valence-electron chi connectivity index (χ2n) is 1.68. The van der Waals surface area contributed by atoms with Crippen molar-refractivity contribution in [2.75, 3.05) is 13.7 Å². The van der Waals surface area contributed by atoms with Gasteiger partial charge in [0.2, 0.25) is 0 Å². The summed E-state index contributed by atoms with van der Waals surface area (Å²) in [7, 11) is 1.56. The van der Waals surface area contributed by atoms with Crippen LogP contribution in [0.4, 0.5) is 0 Å². The molecule has 0 radical (unpaired) electrons. The van der Waals surface area contributed by atoms with Gasteiger partial charge in [-0.3, -0.25) is 0 Å². The Morgan fingerprint density at radius 1 is 1.70 bits per heavy atom. The lowest BCUT2D eigenvalue weighted by atomic mass is 10.3. The van der Waals surface area contributed by atoms with Crippen molar-refractivity contribution in [3.8, 4) is 0 Å². The molecule has 56 valence electrons. The minimum absolute atomic E-state index is 0.354. The number of carbonyl (C=O) groups excluding carboxylic acids is 1. The lowest BCUT2D eigenvalue weighted by Gasteiger charge is -1.96. The molecule has 0 unspecified atom stereocenters. The van der Waals surface area contributed by atoms with Gasteiger partial charge in [0.15, 0.2) is 0 Å². The van der Waals surface area contributed by atoms with Crippen LogP contribution >= 0.6 is 0 Å². The molecule has 0 spiro atoms. The molecule has 0 aromatic carbocycles. The zero-order chi connectivity index (χ0) is 7.98. The molecule has 10 heavy (non-hydrogen) atoms. The Labute approximate surface area is 60.4 Å². The van der Waals surface area contributed by atoms with Crippen LogP contribution in [0, 0.1) is 0 Å². The molecule has 0 saturated carbocycles. The minimum atomic E-state index is -0.354. The van der Waals surface area contributed by atoms with E-state index in [9.17, 15) is 4.79 Å². The second kappa shape index (κ2) is 4.77. The van der Waals surface area contributed by atoms with Crippen molar-refractivity contribution in [1.29, 1.82) is 0 Å². The molecule has 0 aliphatic heterocycles. The Morgan fingerprint density at radius 3 is 2.70 bits per heavy atom. The number of hydrogen-bond acceptors (Lipinski definition) is 3. The fraction of sp³-hybridized carbons (Fsp3) is 0.571. The smallest absolute Gasteiger partial charge is 0.343 e. The Hall–Kier alpha value is -1.08. The first-order valence-corrected chi connectivity index (χ1v) is 3.07. The van der Waals surface area contributed by atoms with Crippen LogP contribution in [0.5, 0.6) is 0 Å². The average Bonchev–Trinajstić information content (AvgIpc) is 1.89. The third kappa shape index (κ3) is 3.05. The van der Waals surface area contributed by atoms with E-state index in [0.717, 1.165) is 0 Å². The van der Waals surface area contributed by atoms with Crippen LogP contribution in [0.15, 0.2) is 10.6 Å². The van der Waals surface area contributed by atoms with Gasteiger partial charge in [-0.05, 0) is 19.7 Å². The van der Waals surface area contributed by atoms with Gasteiger partial charge in [-0.2, -0.15) is 0 Å². The van der Waals surface area contributed by atoms with Gasteiger partial charge in [-0.1, -0.05) is 0 Å². The fourth-order valence-corrected chi connectivity index (χ4v) is 0.453. The summed E-state index contributed by atoms with van der Waals surface area (Å²) in [5.41, 5.74) is 0.407. The van der Waals surface area contributed by atoms with Crippen LogP contribution in [0.1, 0.15) is 13.8 Å². The van der Waals surface area contributed by atoms with Gasteiger partial charge in [0.05, 0.1) is 12.2 Å². The van der Waals surface area contributed by atoms with Gasteiger partial charge in [0, 0.05) is 7.05 Å². The van der Waals surface area contributed by atoms with Gasteiger partial charge in [-0.25, -0.2) is 9.79 Å². The quantitative estimate of drug-likeness (QED) is 0.324. The summed E-state index contributed by atoms with van der Waals surface area (Å²) in [5.74, 6) is 2.14. The van der Waals surface area contributed by atoms with E-state index in [1.807, 2.05) is 0 Å². The molecule has 0 bridgehead atoms. The Kier molecular flexibility index (Phi) is 4.25. The highest BCUT2D eigenvalue weighted by Crippen LogP contribution is 1.89. The maximum atomic E-state index is 10.8. The average molecular weight is 141 g/mol. The molecule has 0 aliphatic rings.